The highest BCUT2D eigenvalue weighted by Gasteiger charge is 2.58. The second-order valence-corrected chi connectivity index (χ2v) is 10.6. The van der Waals surface area contributed by atoms with Gasteiger partial charge in [0.2, 0.25) is 17.7 Å². The number of aromatic amines is 1. The van der Waals surface area contributed by atoms with E-state index >= 15 is 0 Å². The summed E-state index contributed by atoms with van der Waals surface area (Å²) in [6, 6.07) is 2.27. The van der Waals surface area contributed by atoms with Crippen LogP contribution in [0.3, 0.4) is 0 Å². The van der Waals surface area contributed by atoms with Crippen molar-refractivity contribution in [2.24, 2.45) is 17.8 Å². The molecule has 0 spiro atoms. The van der Waals surface area contributed by atoms with E-state index in [1.54, 1.807) is 0 Å². The van der Waals surface area contributed by atoms with Gasteiger partial charge in [-0.1, -0.05) is 0 Å². The van der Waals surface area contributed by atoms with Crippen molar-refractivity contribution in [3.05, 3.63) is 35.3 Å². The molecule has 3 aliphatic rings. The van der Waals surface area contributed by atoms with Gasteiger partial charge >= 0.3 is 0 Å². The van der Waals surface area contributed by atoms with Crippen molar-refractivity contribution in [1.29, 1.82) is 5.26 Å². The predicted octanol–water partition coefficient (Wildman–Crippen LogP) is 3.66. The van der Waals surface area contributed by atoms with E-state index in [-0.39, 0.29) is 35.5 Å². The lowest BCUT2D eigenvalue weighted by Gasteiger charge is -2.29. The van der Waals surface area contributed by atoms with E-state index in [0.717, 1.165) is 17.0 Å². The summed E-state index contributed by atoms with van der Waals surface area (Å²) in [7, 11) is 0. The van der Waals surface area contributed by atoms with Gasteiger partial charge in [0, 0.05) is 48.3 Å². The van der Waals surface area contributed by atoms with Crippen LogP contribution >= 0.6 is 0 Å². The average molecular weight is 552 g/mol. The maximum Gasteiger partial charge on any atom is 0.271 e. The van der Waals surface area contributed by atoms with E-state index in [4.69, 9.17) is 0 Å². The van der Waals surface area contributed by atoms with Crippen LogP contribution < -0.4 is 10.6 Å². The van der Waals surface area contributed by atoms with E-state index < -0.39 is 78.2 Å². The summed E-state index contributed by atoms with van der Waals surface area (Å²) in [6.07, 6.45) is -2.88. The fraction of sp³-hybridized carbons (Fsp3) is 0.538. The van der Waals surface area contributed by atoms with E-state index in [1.165, 1.54) is 0 Å². The highest BCUT2D eigenvalue weighted by Crippen LogP contribution is 2.50. The van der Waals surface area contributed by atoms with Crippen LogP contribution in [0.15, 0.2) is 18.2 Å². The fourth-order valence-electron chi connectivity index (χ4n) is 6.27. The van der Waals surface area contributed by atoms with Gasteiger partial charge in [0.1, 0.15) is 23.6 Å². The summed E-state index contributed by atoms with van der Waals surface area (Å²) in [5.41, 5.74) is -0.857. The van der Waals surface area contributed by atoms with Crippen molar-refractivity contribution in [1.82, 2.24) is 20.5 Å². The van der Waals surface area contributed by atoms with Crippen molar-refractivity contribution in [3.8, 4) is 6.07 Å². The molecule has 8 nitrogen and oxygen atoms in total. The predicted molar refractivity (Wildman–Crippen MR) is 127 cm³/mol. The molecular formula is C26H26F5N5O3. The molecular weight excluding hydrogens is 525 g/mol. The molecule has 1 aromatic carbocycles. The molecule has 2 saturated heterocycles. The Hall–Kier alpha value is -3.69. The molecule has 1 aromatic heterocycles. The first-order chi connectivity index (χ1) is 18.5. The smallest absolute Gasteiger partial charge is 0.271 e. The van der Waals surface area contributed by atoms with Crippen molar-refractivity contribution < 1.29 is 36.3 Å². The molecule has 3 heterocycles. The highest BCUT2D eigenvalue weighted by atomic mass is 19.3. The van der Waals surface area contributed by atoms with Crippen molar-refractivity contribution in [2.75, 3.05) is 13.1 Å². The highest BCUT2D eigenvalue weighted by molar-refractivity contribution is 6.01. The zero-order chi connectivity index (χ0) is 28.1. The maximum atomic E-state index is 14.3. The van der Waals surface area contributed by atoms with Gasteiger partial charge in [-0.3, -0.25) is 14.4 Å². The van der Waals surface area contributed by atoms with E-state index in [2.05, 4.69) is 15.6 Å². The maximum absolute atomic E-state index is 14.3. The molecule has 0 bridgehead atoms. The standard InChI is InChI=1S/C26H26F5N5O3/c27-14-5-17(22(28)29)16-7-20(35-19(16)6-14)25(39)36-11-13-8-26(30,31)9-18(13)21(36)24(38)34-15(10-32)4-12-2-1-3-33-23(12)37/h5-7,12-13,15,18,21-22,35H,1-4,8-9,11H2,(H,33,37)(H,34,38)/t12-,13+,15-,18+,21-/m1/s1. The van der Waals surface area contributed by atoms with Crippen LogP contribution in [0.1, 0.15) is 54.6 Å². The number of carbonyl (C=O) groups excluding carboxylic acids is 3. The van der Waals surface area contributed by atoms with Gasteiger partial charge in [-0.05, 0) is 49.3 Å². The van der Waals surface area contributed by atoms with Gasteiger partial charge in [0.25, 0.3) is 12.3 Å². The molecule has 5 rings (SSSR count). The minimum Gasteiger partial charge on any atom is -0.356 e. The number of nitrogens with zero attached hydrogens (tertiary/aromatic N) is 2. The number of H-pyrrole nitrogens is 1. The monoisotopic (exact) mass is 551 g/mol. The number of likely N-dealkylation sites (tertiary alicyclic amines) is 1. The van der Waals surface area contributed by atoms with Gasteiger partial charge in [0.15, 0.2) is 0 Å². The number of hydrogen-bond acceptors (Lipinski definition) is 4. The van der Waals surface area contributed by atoms with Gasteiger partial charge in [0.05, 0.1) is 6.07 Å². The number of hydrogen-bond donors (Lipinski definition) is 3. The minimum atomic E-state index is -3.03. The number of nitrogens with one attached hydrogen (secondary N) is 3. The molecule has 0 unspecified atom stereocenters. The van der Waals surface area contributed by atoms with Crippen molar-refractivity contribution in [3.63, 3.8) is 0 Å². The number of nitriles is 1. The van der Waals surface area contributed by atoms with Crippen LogP contribution in [0, 0.1) is 34.9 Å². The molecule has 3 N–H and O–H groups in total. The Kier molecular flexibility index (Phi) is 6.99. The van der Waals surface area contributed by atoms with E-state index in [1.807, 2.05) is 6.07 Å². The Morgan fingerprint density at radius 1 is 1.23 bits per heavy atom. The molecule has 1 saturated carbocycles. The summed E-state index contributed by atoms with van der Waals surface area (Å²) in [5, 5.41) is 14.8. The first-order valence-corrected chi connectivity index (χ1v) is 12.7. The topological polar surface area (TPSA) is 118 Å². The van der Waals surface area contributed by atoms with Crippen molar-refractivity contribution in [2.45, 2.75) is 56.5 Å². The van der Waals surface area contributed by atoms with E-state index in [0.29, 0.717) is 25.5 Å². The van der Waals surface area contributed by atoms with Crippen LogP contribution in [0.4, 0.5) is 22.0 Å². The lowest BCUT2D eigenvalue weighted by Crippen LogP contribution is -2.52. The quantitative estimate of drug-likeness (QED) is 0.475. The second kappa shape index (κ2) is 10.1. The van der Waals surface area contributed by atoms with Crippen LogP contribution in [-0.2, 0) is 9.59 Å². The largest absolute Gasteiger partial charge is 0.356 e. The summed E-state index contributed by atoms with van der Waals surface area (Å²) in [5.74, 6) is -7.85. The molecule has 0 radical (unpaired) electrons. The summed E-state index contributed by atoms with van der Waals surface area (Å²) in [6.45, 7) is 0.347. The molecule has 3 fully saturated rings. The van der Waals surface area contributed by atoms with Gasteiger partial charge in [-0.15, -0.1) is 0 Å². The molecule has 3 amide bonds. The molecule has 208 valence electrons. The second-order valence-electron chi connectivity index (χ2n) is 10.6. The number of carbonyl (C=O) groups is 3. The lowest BCUT2D eigenvalue weighted by molar-refractivity contribution is -0.129. The van der Waals surface area contributed by atoms with Crippen LogP contribution in [0.25, 0.3) is 10.9 Å². The Balaban J connectivity index is 1.41. The third-order valence-electron chi connectivity index (χ3n) is 7.99. The van der Waals surface area contributed by atoms with Gasteiger partial charge < -0.3 is 20.5 Å². The number of halogens is 5. The number of rotatable bonds is 6. The van der Waals surface area contributed by atoms with Crippen LogP contribution in [-0.4, -0.2) is 58.7 Å². The molecule has 2 aliphatic heterocycles. The number of piperidine rings is 1. The Bertz CT molecular complexity index is 1360. The first kappa shape index (κ1) is 26.9. The van der Waals surface area contributed by atoms with E-state index in [9.17, 15) is 41.6 Å². The number of fused-ring (bicyclic) bond motifs is 2. The fourth-order valence-corrected chi connectivity index (χ4v) is 6.27. The third kappa shape index (κ3) is 5.16. The lowest BCUT2D eigenvalue weighted by atomic mass is 9.90. The zero-order valence-electron chi connectivity index (χ0n) is 20.7. The Labute approximate surface area is 219 Å². The summed E-state index contributed by atoms with van der Waals surface area (Å²) < 4.78 is 69.4. The van der Waals surface area contributed by atoms with Gasteiger partial charge in [-0.2, -0.15) is 5.26 Å². The summed E-state index contributed by atoms with van der Waals surface area (Å²) in [4.78, 5) is 42.8. The molecule has 13 heteroatoms. The molecule has 39 heavy (non-hydrogen) atoms. The number of aromatic nitrogens is 1. The number of benzene rings is 1. The minimum absolute atomic E-state index is 0.0307. The van der Waals surface area contributed by atoms with Crippen LogP contribution in [0.5, 0.6) is 0 Å². The molecule has 5 atom stereocenters. The van der Waals surface area contributed by atoms with Crippen molar-refractivity contribution >= 4 is 28.6 Å². The zero-order valence-corrected chi connectivity index (χ0v) is 20.7. The number of alkyl halides is 4. The molecule has 1 aliphatic carbocycles. The average Bonchev–Trinajstić information content (AvgIpc) is 3.53. The number of amides is 3. The normalized spacial score (nSPS) is 26.8. The van der Waals surface area contributed by atoms with Gasteiger partial charge in [-0.25, -0.2) is 22.0 Å². The SMILES string of the molecule is N#C[C@@H](C[C@H]1CCCNC1=O)NC(=O)[C@H]1[C@H]2CC(F)(F)C[C@H]2CN1C(=O)c1cc2c(C(F)F)cc(F)cc2[nH]1. The van der Waals surface area contributed by atoms with Crippen LogP contribution in [0.2, 0.25) is 0 Å². The first-order valence-electron chi connectivity index (χ1n) is 12.7. The molecule has 2 aromatic rings. The summed E-state index contributed by atoms with van der Waals surface area (Å²) >= 11 is 0. The Morgan fingerprint density at radius 3 is 2.69 bits per heavy atom. The third-order valence-corrected chi connectivity index (χ3v) is 7.99. The Morgan fingerprint density at radius 2 is 2.00 bits per heavy atom.